The molecule has 0 saturated heterocycles. The first-order valence-corrected chi connectivity index (χ1v) is 5.02. The summed E-state index contributed by atoms with van der Waals surface area (Å²) in [7, 11) is 0. The average Bonchev–Trinajstić information content (AvgIpc) is 2.29. The van der Waals surface area contributed by atoms with Crippen LogP contribution in [0.25, 0.3) is 21.8 Å². The predicted octanol–water partition coefficient (Wildman–Crippen LogP) is 3.86. The largest absolute Gasteiger partial charge is 0.254 e. The van der Waals surface area contributed by atoms with Crippen LogP contribution in [0.3, 0.4) is 0 Å². The molecule has 0 aliphatic rings. The molecule has 0 amide bonds. The lowest BCUT2D eigenvalue weighted by Crippen LogP contribution is -1.84. The van der Waals surface area contributed by atoms with Crippen molar-refractivity contribution in [1.29, 1.82) is 0 Å². The van der Waals surface area contributed by atoms with Crippen molar-refractivity contribution in [2.75, 3.05) is 0 Å². The van der Waals surface area contributed by atoms with Crippen LogP contribution in [0.1, 0.15) is 0 Å². The highest BCUT2D eigenvalue weighted by molar-refractivity contribution is 6.30. The lowest BCUT2D eigenvalue weighted by atomic mass is 10.1. The van der Waals surface area contributed by atoms with E-state index in [9.17, 15) is 0 Å². The zero-order chi connectivity index (χ0) is 10.3. The number of rotatable bonds is 0. The van der Waals surface area contributed by atoms with E-state index in [2.05, 4.69) is 9.97 Å². The molecule has 0 bridgehead atoms. The molecular weight excluding hydrogens is 243 g/mol. The van der Waals surface area contributed by atoms with E-state index in [0.29, 0.717) is 5.15 Å². The summed E-state index contributed by atoms with van der Waals surface area (Å²) in [6, 6.07) is 11.8. The maximum atomic E-state index is 5.88. The predicted molar refractivity (Wildman–Crippen MR) is 69.3 cm³/mol. The Morgan fingerprint density at radius 3 is 2.38 bits per heavy atom. The Balaban J connectivity index is 0.000000963. The maximum absolute atomic E-state index is 5.88. The Bertz CT molecular complexity index is 653. The number of benzene rings is 1. The van der Waals surface area contributed by atoms with E-state index in [1.165, 1.54) is 0 Å². The van der Waals surface area contributed by atoms with Gasteiger partial charge < -0.3 is 0 Å². The van der Waals surface area contributed by atoms with E-state index in [0.717, 1.165) is 21.8 Å². The van der Waals surface area contributed by atoms with E-state index in [1.54, 1.807) is 12.3 Å². The zero-order valence-electron chi connectivity index (χ0n) is 8.22. The van der Waals surface area contributed by atoms with Crippen molar-refractivity contribution >= 4 is 45.8 Å². The molecule has 0 radical (unpaired) electrons. The Hall–Kier alpha value is -1.38. The van der Waals surface area contributed by atoms with Crippen LogP contribution in [-0.2, 0) is 0 Å². The summed E-state index contributed by atoms with van der Waals surface area (Å²) < 4.78 is 0. The van der Waals surface area contributed by atoms with Gasteiger partial charge in [-0.15, -0.1) is 12.4 Å². The SMILES string of the molecule is Cl.Clc1ccc2ccc3cccnc3c2n1. The van der Waals surface area contributed by atoms with Gasteiger partial charge in [0, 0.05) is 17.0 Å². The van der Waals surface area contributed by atoms with Crippen LogP contribution in [0.4, 0.5) is 0 Å². The lowest BCUT2D eigenvalue weighted by Gasteiger charge is -2.01. The molecule has 0 unspecified atom stereocenters. The number of pyridine rings is 2. The topological polar surface area (TPSA) is 25.8 Å². The summed E-state index contributed by atoms with van der Waals surface area (Å²) >= 11 is 5.88. The summed E-state index contributed by atoms with van der Waals surface area (Å²) in [5.74, 6) is 0. The third kappa shape index (κ3) is 1.70. The van der Waals surface area contributed by atoms with Gasteiger partial charge in [-0.2, -0.15) is 0 Å². The smallest absolute Gasteiger partial charge is 0.129 e. The van der Waals surface area contributed by atoms with E-state index in [-0.39, 0.29) is 12.4 Å². The van der Waals surface area contributed by atoms with Crippen molar-refractivity contribution < 1.29 is 0 Å². The molecule has 2 nitrogen and oxygen atoms in total. The summed E-state index contributed by atoms with van der Waals surface area (Å²) in [4.78, 5) is 8.64. The second kappa shape index (κ2) is 4.24. The van der Waals surface area contributed by atoms with Crippen LogP contribution >= 0.6 is 24.0 Å². The molecular formula is C12H8Cl2N2. The fourth-order valence-electron chi connectivity index (χ4n) is 1.70. The fraction of sp³-hybridized carbons (Fsp3) is 0. The molecule has 3 aromatic rings. The van der Waals surface area contributed by atoms with E-state index >= 15 is 0 Å². The monoisotopic (exact) mass is 250 g/mol. The van der Waals surface area contributed by atoms with Crippen molar-refractivity contribution in [3.8, 4) is 0 Å². The standard InChI is InChI=1S/C12H7ClN2.ClH/c13-10-6-5-9-4-3-8-2-1-7-14-11(8)12(9)15-10;/h1-7H;1H. The number of hydrogen-bond acceptors (Lipinski definition) is 2. The number of hydrogen-bond donors (Lipinski definition) is 0. The average molecular weight is 251 g/mol. The number of fused-ring (bicyclic) bond motifs is 3. The number of nitrogens with zero attached hydrogens (tertiary/aromatic N) is 2. The van der Waals surface area contributed by atoms with Gasteiger partial charge in [0.1, 0.15) is 5.15 Å². The molecule has 0 fully saturated rings. The molecule has 2 aromatic heterocycles. The molecule has 1 aromatic carbocycles. The first-order valence-electron chi connectivity index (χ1n) is 4.64. The van der Waals surface area contributed by atoms with Crippen molar-refractivity contribution in [3.63, 3.8) is 0 Å². The highest BCUT2D eigenvalue weighted by atomic mass is 35.5. The number of aromatic nitrogens is 2. The van der Waals surface area contributed by atoms with Gasteiger partial charge >= 0.3 is 0 Å². The van der Waals surface area contributed by atoms with Gasteiger partial charge in [0.2, 0.25) is 0 Å². The van der Waals surface area contributed by atoms with E-state index < -0.39 is 0 Å². The van der Waals surface area contributed by atoms with E-state index in [1.807, 2.05) is 30.3 Å². The number of halogens is 2. The third-order valence-corrected chi connectivity index (χ3v) is 2.61. The van der Waals surface area contributed by atoms with Gasteiger partial charge in [0.25, 0.3) is 0 Å². The molecule has 0 atom stereocenters. The van der Waals surface area contributed by atoms with Crippen LogP contribution in [0.15, 0.2) is 42.6 Å². The molecule has 0 saturated carbocycles. The van der Waals surface area contributed by atoms with Gasteiger partial charge in [-0.25, -0.2) is 4.98 Å². The van der Waals surface area contributed by atoms with Gasteiger partial charge in [-0.05, 0) is 18.2 Å². The highest BCUT2D eigenvalue weighted by Crippen LogP contribution is 2.22. The molecule has 0 aliphatic heterocycles. The Labute approximate surface area is 104 Å². The zero-order valence-corrected chi connectivity index (χ0v) is 9.79. The van der Waals surface area contributed by atoms with Crippen molar-refractivity contribution in [2.45, 2.75) is 0 Å². The van der Waals surface area contributed by atoms with Gasteiger partial charge in [-0.1, -0.05) is 29.8 Å². The summed E-state index contributed by atoms with van der Waals surface area (Å²) in [5.41, 5.74) is 1.76. The minimum absolute atomic E-state index is 0. The molecule has 0 spiro atoms. The minimum Gasteiger partial charge on any atom is -0.254 e. The van der Waals surface area contributed by atoms with Crippen LogP contribution < -0.4 is 0 Å². The molecule has 80 valence electrons. The second-order valence-corrected chi connectivity index (χ2v) is 3.73. The molecule has 3 rings (SSSR count). The van der Waals surface area contributed by atoms with Gasteiger partial charge in [0.15, 0.2) is 0 Å². The fourth-order valence-corrected chi connectivity index (χ4v) is 1.85. The van der Waals surface area contributed by atoms with Gasteiger partial charge in [-0.3, -0.25) is 4.98 Å². The molecule has 0 N–H and O–H groups in total. The lowest BCUT2D eigenvalue weighted by molar-refractivity contribution is 1.37. The molecule has 4 heteroatoms. The van der Waals surface area contributed by atoms with Crippen LogP contribution in [0, 0.1) is 0 Å². The first kappa shape index (κ1) is 11.1. The summed E-state index contributed by atoms with van der Waals surface area (Å²) in [6.45, 7) is 0. The van der Waals surface area contributed by atoms with Crippen LogP contribution in [-0.4, -0.2) is 9.97 Å². The quantitative estimate of drug-likeness (QED) is 0.448. The first-order chi connectivity index (χ1) is 7.34. The minimum atomic E-state index is 0. The van der Waals surface area contributed by atoms with Crippen LogP contribution in [0.5, 0.6) is 0 Å². The Morgan fingerprint density at radius 1 is 0.875 bits per heavy atom. The van der Waals surface area contributed by atoms with Crippen molar-refractivity contribution in [1.82, 2.24) is 9.97 Å². The van der Waals surface area contributed by atoms with Crippen molar-refractivity contribution in [2.24, 2.45) is 0 Å². The second-order valence-electron chi connectivity index (χ2n) is 3.35. The van der Waals surface area contributed by atoms with Crippen LogP contribution in [0.2, 0.25) is 5.15 Å². The summed E-state index contributed by atoms with van der Waals surface area (Å²) in [5, 5.41) is 2.64. The molecule has 2 heterocycles. The van der Waals surface area contributed by atoms with Gasteiger partial charge in [0.05, 0.1) is 11.0 Å². The third-order valence-electron chi connectivity index (χ3n) is 2.40. The Kier molecular flexibility index (Phi) is 2.95. The highest BCUT2D eigenvalue weighted by Gasteiger charge is 2.02. The molecule has 16 heavy (non-hydrogen) atoms. The molecule has 0 aliphatic carbocycles. The Morgan fingerprint density at radius 2 is 1.56 bits per heavy atom. The maximum Gasteiger partial charge on any atom is 0.129 e. The van der Waals surface area contributed by atoms with Crippen molar-refractivity contribution in [3.05, 3.63) is 47.7 Å². The summed E-state index contributed by atoms with van der Waals surface area (Å²) in [6.07, 6.45) is 1.77. The van der Waals surface area contributed by atoms with E-state index in [4.69, 9.17) is 11.6 Å². The normalized spacial score (nSPS) is 10.3.